The molecule has 0 spiro atoms. The van der Waals surface area contributed by atoms with E-state index in [1.54, 1.807) is 0 Å². The highest BCUT2D eigenvalue weighted by Gasteiger charge is 2.24. The third-order valence-electron chi connectivity index (χ3n) is 4.48. The van der Waals surface area contributed by atoms with Gasteiger partial charge in [0.25, 0.3) is 0 Å². The monoisotopic (exact) mass is 360 g/mol. The number of hydrogen-bond acceptors (Lipinski definition) is 6. The summed E-state index contributed by atoms with van der Waals surface area (Å²) in [5.74, 6) is 1.82. The van der Waals surface area contributed by atoms with Gasteiger partial charge < -0.3 is 19.5 Å². The first-order valence-corrected chi connectivity index (χ1v) is 9.58. The van der Waals surface area contributed by atoms with Gasteiger partial charge in [0.1, 0.15) is 5.82 Å². The Morgan fingerprint density at radius 3 is 2.64 bits per heavy atom. The van der Waals surface area contributed by atoms with Crippen molar-refractivity contribution in [3.05, 3.63) is 41.1 Å². The van der Waals surface area contributed by atoms with Crippen LogP contribution in [0.5, 0.6) is 0 Å². The second-order valence-corrected chi connectivity index (χ2v) is 7.09. The molecule has 1 saturated heterocycles. The Morgan fingerprint density at radius 2 is 1.92 bits per heavy atom. The van der Waals surface area contributed by atoms with E-state index in [9.17, 15) is 4.21 Å². The minimum absolute atomic E-state index is 0.133. The topological polar surface area (TPSA) is 87.6 Å². The summed E-state index contributed by atoms with van der Waals surface area (Å²) >= 11 is -1.83. The lowest BCUT2D eigenvalue weighted by Gasteiger charge is -2.29. The minimum atomic E-state index is -1.83. The summed E-state index contributed by atoms with van der Waals surface area (Å²) in [4.78, 5) is 11.8. The van der Waals surface area contributed by atoms with Gasteiger partial charge in [0.15, 0.2) is 16.9 Å². The third kappa shape index (κ3) is 3.57. The van der Waals surface area contributed by atoms with E-state index in [2.05, 4.69) is 10.2 Å². The van der Waals surface area contributed by atoms with Crippen molar-refractivity contribution in [1.82, 2.24) is 15.3 Å². The number of aromatic nitrogens is 2. The number of fused-ring (bicyclic) bond motifs is 1. The molecular weight excluding hydrogens is 340 g/mol. The molecule has 2 aromatic rings. The van der Waals surface area contributed by atoms with Crippen molar-refractivity contribution in [3.8, 4) is 11.4 Å². The Labute approximate surface area is 148 Å². The second-order valence-electron chi connectivity index (χ2n) is 6.16. The summed E-state index contributed by atoms with van der Waals surface area (Å²) in [5.41, 5.74) is 3.96. The number of morpholine rings is 1. The molecule has 2 aliphatic heterocycles. The zero-order chi connectivity index (χ0) is 17.2. The molecule has 0 bridgehead atoms. The predicted octanol–water partition coefficient (Wildman–Crippen LogP) is 1.31. The molecule has 25 heavy (non-hydrogen) atoms. The van der Waals surface area contributed by atoms with Gasteiger partial charge in [-0.05, 0) is 5.56 Å². The Hall–Kier alpha value is -1.87. The zero-order valence-electron chi connectivity index (χ0n) is 13.8. The molecule has 2 N–H and O–H groups in total. The molecule has 4 rings (SSSR count). The molecule has 1 atom stereocenters. The van der Waals surface area contributed by atoms with Gasteiger partial charge in [-0.25, -0.2) is 14.2 Å². The van der Waals surface area contributed by atoms with Crippen LogP contribution in [-0.2, 0) is 34.7 Å². The summed E-state index contributed by atoms with van der Waals surface area (Å²) in [6.45, 7) is 4.66. The summed E-state index contributed by atoms with van der Waals surface area (Å²) in [7, 11) is 0. The second kappa shape index (κ2) is 7.17. The van der Waals surface area contributed by atoms with Gasteiger partial charge in [-0.3, -0.25) is 0 Å². The molecule has 1 fully saturated rings. The molecule has 8 heteroatoms. The largest absolute Gasteiger partial charge is 0.378 e. The Bertz CT molecular complexity index is 791. The predicted molar refractivity (Wildman–Crippen MR) is 95.5 cm³/mol. The maximum atomic E-state index is 10.9. The molecule has 0 radical (unpaired) electrons. The average Bonchev–Trinajstić information content (AvgIpc) is 3.10. The molecule has 132 valence electrons. The summed E-state index contributed by atoms with van der Waals surface area (Å²) in [5, 5.41) is 3.35. The molecular formula is C17H20N4O3S. The quantitative estimate of drug-likeness (QED) is 0.795. The Morgan fingerprint density at radius 1 is 1.16 bits per heavy atom. The SMILES string of the molecule is O=S(O)Cc1ccc(-c2nc3c(c(N4CCOCC4)n2)CNC3)cc1. The number of ether oxygens (including phenoxy) is 1. The van der Waals surface area contributed by atoms with E-state index in [-0.39, 0.29) is 5.75 Å². The van der Waals surface area contributed by atoms with Crippen LogP contribution < -0.4 is 10.2 Å². The number of anilines is 1. The smallest absolute Gasteiger partial charge is 0.161 e. The number of benzene rings is 1. The Kier molecular flexibility index (Phi) is 4.76. The van der Waals surface area contributed by atoms with Crippen LogP contribution in [0, 0.1) is 0 Å². The highest BCUT2D eigenvalue weighted by Crippen LogP contribution is 2.28. The molecule has 0 saturated carbocycles. The van der Waals surface area contributed by atoms with Crippen molar-refractivity contribution in [2.75, 3.05) is 31.2 Å². The first-order valence-electron chi connectivity index (χ1n) is 8.30. The van der Waals surface area contributed by atoms with E-state index >= 15 is 0 Å². The molecule has 1 unspecified atom stereocenters. The van der Waals surface area contributed by atoms with E-state index in [0.717, 1.165) is 48.8 Å². The van der Waals surface area contributed by atoms with E-state index in [0.29, 0.717) is 19.0 Å². The lowest BCUT2D eigenvalue weighted by atomic mass is 10.1. The maximum Gasteiger partial charge on any atom is 0.161 e. The van der Waals surface area contributed by atoms with Crippen molar-refractivity contribution in [1.29, 1.82) is 0 Å². The van der Waals surface area contributed by atoms with Gasteiger partial charge in [0, 0.05) is 37.3 Å². The van der Waals surface area contributed by atoms with Crippen molar-refractivity contribution in [2.24, 2.45) is 0 Å². The highest BCUT2D eigenvalue weighted by molar-refractivity contribution is 7.78. The molecule has 0 amide bonds. The lowest BCUT2D eigenvalue weighted by molar-refractivity contribution is 0.122. The van der Waals surface area contributed by atoms with Gasteiger partial charge in [0.2, 0.25) is 0 Å². The van der Waals surface area contributed by atoms with E-state index in [1.165, 1.54) is 5.56 Å². The maximum absolute atomic E-state index is 10.9. The first-order chi connectivity index (χ1) is 12.2. The van der Waals surface area contributed by atoms with E-state index in [4.69, 9.17) is 19.3 Å². The van der Waals surface area contributed by atoms with Crippen LogP contribution in [0.3, 0.4) is 0 Å². The molecule has 7 nitrogen and oxygen atoms in total. The number of nitrogens with one attached hydrogen (secondary N) is 1. The van der Waals surface area contributed by atoms with Crippen molar-refractivity contribution < 1.29 is 13.5 Å². The van der Waals surface area contributed by atoms with Gasteiger partial charge in [0.05, 0.1) is 24.7 Å². The van der Waals surface area contributed by atoms with Gasteiger partial charge in [-0.2, -0.15) is 0 Å². The van der Waals surface area contributed by atoms with Crippen LogP contribution in [0.4, 0.5) is 5.82 Å². The van der Waals surface area contributed by atoms with Crippen LogP contribution in [0.1, 0.15) is 16.8 Å². The number of hydrogen-bond donors (Lipinski definition) is 2. The molecule has 1 aromatic heterocycles. The van der Waals surface area contributed by atoms with Crippen LogP contribution in [0.15, 0.2) is 24.3 Å². The van der Waals surface area contributed by atoms with Crippen LogP contribution in [-0.4, -0.2) is 45.0 Å². The fraction of sp³-hybridized carbons (Fsp3) is 0.412. The van der Waals surface area contributed by atoms with E-state index in [1.807, 2.05) is 24.3 Å². The number of nitrogens with zero attached hydrogens (tertiary/aromatic N) is 3. The standard InChI is InChI=1S/C17H20N4O3S/c22-25(23)11-12-1-3-13(4-2-12)16-19-15-10-18-9-14(15)17(20-16)21-5-7-24-8-6-21/h1-4,18H,5-11H2,(H,22,23). The van der Waals surface area contributed by atoms with Crippen LogP contribution in [0.25, 0.3) is 11.4 Å². The highest BCUT2D eigenvalue weighted by atomic mass is 32.2. The molecule has 3 heterocycles. The van der Waals surface area contributed by atoms with Crippen molar-refractivity contribution in [2.45, 2.75) is 18.8 Å². The fourth-order valence-corrected chi connectivity index (χ4v) is 3.69. The zero-order valence-corrected chi connectivity index (χ0v) is 14.6. The van der Waals surface area contributed by atoms with E-state index < -0.39 is 11.1 Å². The summed E-state index contributed by atoms with van der Waals surface area (Å²) in [6.07, 6.45) is 0. The average molecular weight is 360 g/mol. The van der Waals surface area contributed by atoms with Gasteiger partial charge in [-0.15, -0.1) is 0 Å². The number of rotatable bonds is 4. The third-order valence-corrected chi connectivity index (χ3v) is 5.06. The molecule has 0 aliphatic carbocycles. The molecule has 1 aromatic carbocycles. The van der Waals surface area contributed by atoms with Gasteiger partial charge >= 0.3 is 0 Å². The van der Waals surface area contributed by atoms with Crippen molar-refractivity contribution >= 4 is 16.9 Å². The molecule has 2 aliphatic rings. The van der Waals surface area contributed by atoms with Crippen molar-refractivity contribution in [3.63, 3.8) is 0 Å². The van der Waals surface area contributed by atoms with Gasteiger partial charge in [-0.1, -0.05) is 24.3 Å². The lowest BCUT2D eigenvalue weighted by Crippen LogP contribution is -2.37. The minimum Gasteiger partial charge on any atom is -0.378 e. The van der Waals surface area contributed by atoms with Crippen LogP contribution >= 0.6 is 0 Å². The summed E-state index contributed by atoms with van der Waals surface area (Å²) < 4.78 is 25.4. The van der Waals surface area contributed by atoms with Crippen LogP contribution in [0.2, 0.25) is 0 Å². The summed E-state index contributed by atoms with van der Waals surface area (Å²) in [6, 6.07) is 7.53. The normalized spacial score (nSPS) is 18.2. The Balaban J connectivity index is 1.69. The first kappa shape index (κ1) is 16.6. The fourth-order valence-electron chi connectivity index (χ4n) is 3.21.